The van der Waals surface area contributed by atoms with Crippen LogP contribution in [0, 0.1) is 11.8 Å². The van der Waals surface area contributed by atoms with E-state index in [4.69, 9.17) is 4.74 Å². The van der Waals surface area contributed by atoms with Gasteiger partial charge in [-0.25, -0.2) is 0 Å². The fraction of sp³-hybridized carbons (Fsp3) is 0.917. The van der Waals surface area contributed by atoms with Crippen LogP contribution in [0.3, 0.4) is 0 Å². The molecule has 0 spiro atoms. The molecule has 0 unspecified atom stereocenters. The zero-order valence-corrected chi connectivity index (χ0v) is 11.3. The van der Waals surface area contributed by atoms with Crippen molar-refractivity contribution in [3.8, 4) is 0 Å². The van der Waals surface area contributed by atoms with Crippen molar-refractivity contribution in [2.24, 2.45) is 11.8 Å². The molecule has 0 aromatic rings. The third-order valence-electron chi connectivity index (χ3n) is 3.72. The van der Waals surface area contributed by atoms with Gasteiger partial charge >= 0.3 is 0 Å². The van der Waals surface area contributed by atoms with E-state index in [1.165, 1.54) is 0 Å². The quantitative estimate of drug-likeness (QED) is 0.819. The Balaban J connectivity index is 0.00000144. The lowest BCUT2D eigenvalue weighted by molar-refractivity contribution is -0.135. The number of carbonyl (C=O) groups excluding carboxylic acids is 1. The van der Waals surface area contributed by atoms with Gasteiger partial charge in [0.15, 0.2) is 0 Å². The van der Waals surface area contributed by atoms with E-state index < -0.39 is 0 Å². The Morgan fingerprint density at radius 3 is 2.53 bits per heavy atom. The molecule has 2 heterocycles. The lowest BCUT2D eigenvalue weighted by Gasteiger charge is -2.31. The highest BCUT2D eigenvalue weighted by Gasteiger charge is 2.27. The Bertz CT molecular complexity index is 241. The zero-order chi connectivity index (χ0) is 11.4. The van der Waals surface area contributed by atoms with Crippen LogP contribution in [0.15, 0.2) is 0 Å². The molecule has 2 saturated heterocycles. The van der Waals surface area contributed by atoms with Crippen LogP contribution in [-0.4, -0.2) is 50.7 Å². The van der Waals surface area contributed by atoms with Gasteiger partial charge in [-0.05, 0) is 25.2 Å². The van der Waals surface area contributed by atoms with E-state index in [1.54, 1.807) is 0 Å². The minimum Gasteiger partial charge on any atom is -0.381 e. The molecule has 0 aliphatic carbocycles. The second-order valence-electron chi connectivity index (χ2n) is 4.96. The van der Waals surface area contributed by atoms with Gasteiger partial charge in [0.2, 0.25) is 5.91 Å². The Morgan fingerprint density at radius 2 is 2.00 bits per heavy atom. The summed E-state index contributed by atoms with van der Waals surface area (Å²) < 4.78 is 5.33. The molecule has 0 aromatic heterocycles. The first-order valence-electron chi connectivity index (χ1n) is 6.31. The van der Waals surface area contributed by atoms with Gasteiger partial charge in [0.25, 0.3) is 0 Å². The van der Waals surface area contributed by atoms with Crippen molar-refractivity contribution in [3.63, 3.8) is 0 Å². The van der Waals surface area contributed by atoms with Crippen molar-refractivity contribution < 1.29 is 9.53 Å². The van der Waals surface area contributed by atoms with Gasteiger partial charge in [-0.2, -0.15) is 0 Å². The average molecular weight is 263 g/mol. The number of carbonyl (C=O) groups is 1. The number of nitrogens with one attached hydrogen (secondary N) is 1. The van der Waals surface area contributed by atoms with Crippen LogP contribution in [-0.2, 0) is 9.53 Å². The van der Waals surface area contributed by atoms with Crippen LogP contribution in [0.2, 0.25) is 0 Å². The Kier molecular flexibility index (Phi) is 6.23. The maximum absolute atomic E-state index is 11.9. The van der Waals surface area contributed by atoms with Crippen LogP contribution in [0.1, 0.15) is 19.3 Å². The van der Waals surface area contributed by atoms with Gasteiger partial charge in [-0.3, -0.25) is 4.79 Å². The normalized spacial score (nSPS) is 21.5. The van der Waals surface area contributed by atoms with Crippen LogP contribution >= 0.6 is 12.4 Å². The molecule has 100 valence electrons. The van der Waals surface area contributed by atoms with E-state index in [0.29, 0.717) is 5.91 Å². The van der Waals surface area contributed by atoms with Gasteiger partial charge in [0.1, 0.15) is 0 Å². The molecule has 1 N–H and O–H groups in total. The maximum atomic E-state index is 11.9. The summed E-state index contributed by atoms with van der Waals surface area (Å²) in [6.45, 7) is 4.42. The lowest BCUT2D eigenvalue weighted by atomic mass is 9.96. The standard InChI is InChI=1S/C12H22N2O2.ClH/c1-14(12(15)11-8-13-9-11)5-2-10-3-6-16-7-4-10;/h10-11,13H,2-9H2,1H3;1H. The molecule has 5 heteroatoms. The third-order valence-corrected chi connectivity index (χ3v) is 3.72. The second-order valence-corrected chi connectivity index (χ2v) is 4.96. The Hall–Kier alpha value is -0.320. The molecule has 0 bridgehead atoms. The monoisotopic (exact) mass is 262 g/mol. The van der Waals surface area contributed by atoms with Crippen LogP contribution < -0.4 is 5.32 Å². The molecule has 0 radical (unpaired) electrons. The van der Waals surface area contributed by atoms with Gasteiger partial charge in [0, 0.05) is 39.9 Å². The Morgan fingerprint density at radius 1 is 1.35 bits per heavy atom. The van der Waals surface area contributed by atoms with Gasteiger partial charge in [0.05, 0.1) is 5.92 Å². The zero-order valence-electron chi connectivity index (χ0n) is 10.5. The first-order chi connectivity index (χ1) is 7.77. The predicted molar refractivity (Wildman–Crippen MR) is 69.4 cm³/mol. The number of halogens is 1. The summed E-state index contributed by atoms with van der Waals surface area (Å²) in [6.07, 6.45) is 3.45. The molecule has 1 amide bonds. The van der Waals surface area contributed by atoms with E-state index in [-0.39, 0.29) is 18.3 Å². The third kappa shape index (κ3) is 4.12. The van der Waals surface area contributed by atoms with E-state index in [2.05, 4.69) is 5.32 Å². The van der Waals surface area contributed by atoms with Crippen LogP contribution in [0.25, 0.3) is 0 Å². The van der Waals surface area contributed by atoms with Crippen molar-refractivity contribution in [1.82, 2.24) is 10.2 Å². The van der Waals surface area contributed by atoms with Crippen molar-refractivity contribution in [2.75, 3.05) is 39.9 Å². The molecular formula is C12H23ClN2O2. The number of hydrogen-bond acceptors (Lipinski definition) is 3. The number of ether oxygens (including phenoxy) is 1. The summed E-state index contributed by atoms with van der Waals surface area (Å²) in [5.74, 6) is 1.30. The molecule has 0 saturated carbocycles. The topological polar surface area (TPSA) is 41.6 Å². The number of amides is 1. The number of rotatable bonds is 4. The van der Waals surface area contributed by atoms with Crippen LogP contribution in [0.5, 0.6) is 0 Å². The fourth-order valence-electron chi connectivity index (χ4n) is 2.30. The van der Waals surface area contributed by atoms with E-state index >= 15 is 0 Å². The first-order valence-corrected chi connectivity index (χ1v) is 6.31. The summed E-state index contributed by atoms with van der Waals surface area (Å²) >= 11 is 0. The molecule has 17 heavy (non-hydrogen) atoms. The minimum atomic E-state index is 0. The summed E-state index contributed by atoms with van der Waals surface area (Å²) in [7, 11) is 1.93. The van der Waals surface area contributed by atoms with Crippen molar-refractivity contribution in [2.45, 2.75) is 19.3 Å². The molecule has 0 atom stereocenters. The van der Waals surface area contributed by atoms with Crippen molar-refractivity contribution in [3.05, 3.63) is 0 Å². The van der Waals surface area contributed by atoms with Gasteiger partial charge in [-0.1, -0.05) is 0 Å². The largest absolute Gasteiger partial charge is 0.381 e. The highest BCUT2D eigenvalue weighted by molar-refractivity contribution is 5.85. The average Bonchev–Trinajstić information content (AvgIpc) is 2.25. The van der Waals surface area contributed by atoms with E-state index in [9.17, 15) is 4.79 Å². The smallest absolute Gasteiger partial charge is 0.227 e. The summed E-state index contributed by atoms with van der Waals surface area (Å²) in [4.78, 5) is 13.8. The van der Waals surface area contributed by atoms with Crippen molar-refractivity contribution in [1.29, 1.82) is 0 Å². The summed E-state index contributed by atoms with van der Waals surface area (Å²) in [5.41, 5.74) is 0. The maximum Gasteiger partial charge on any atom is 0.227 e. The number of hydrogen-bond donors (Lipinski definition) is 1. The van der Waals surface area contributed by atoms with Gasteiger partial charge < -0.3 is 15.0 Å². The highest BCUT2D eigenvalue weighted by atomic mass is 35.5. The lowest BCUT2D eigenvalue weighted by Crippen LogP contribution is -2.51. The predicted octanol–water partition coefficient (Wildman–Crippen LogP) is 0.903. The second kappa shape index (κ2) is 7.19. The summed E-state index contributed by atoms with van der Waals surface area (Å²) in [5, 5.41) is 3.14. The summed E-state index contributed by atoms with van der Waals surface area (Å²) in [6, 6.07) is 0. The van der Waals surface area contributed by atoms with E-state index in [1.807, 2.05) is 11.9 Å². The molecule has 2 aliphatic rings. The Labute approximate surface area is 109 Å². The molecular weight excluding hydrogens is 240 g/mol. The molecule has 4 nitrogen and oxygen atoms in total. The molecule has 2 fully saturated rings. The molecule has 0 aromatic carbocycles. The fourth-order valence-corrected chi connectivity index (χ4v) is 2.30. The highest BCUT2D eigenvalue weighted by Crippen LogP contribution is 2.19. The molecule has 2 rings (SSSR count). The minimum absolute atomic E-state index is 0. The number of nitrogens with zero attached hydrogens (tertiary/aromatic N) is 1. The van der Waals surface area contributed by atoms with Gasteiger partial charge in [-0.15, -0.1) is 12.4 Å². The van der Waals surface area contributed by atoms with Crippen LogP contribution in [0.4, 0.5) is 0 Å². The molecule has 2 aliphatic heterocycles. The SMILES string of the molecule is CN(CCC1CCOCC1)C(=O)C1CNC1.Cl. The van der Waals surface area contributed by atoms with E-state index in [0.717, 1.165) is 58.0 Å². The van der Waals surface area contributed by atoms with Crippen molar-refractivity contribution >= 4 is 18.3 Å². The first kappa shape index (κ1) is 14.7.